The lowest BCUT2D eigenvalue weighted by atomic mass is 10.2. The van der Waals surface area contributed by atoms with Crippen molar-refractivity contribution >= 4 is 33.3 Å². The molecule has 0 unspecified atom stereocenters. The molecule has 1 heterocycles. The number of nitrogens with two attached hydrogens (primary N) is 1. The Kier molecular flexibility index (Phi) is 3.57. The Morgan fingerprint density at radius 1 is 1.33 bits per heavy atom. The topological polar surface area (TPSA) is 68.0 Å². The molecule has 0 bridgehead atoms. The van der Waals surface area contributed by atoms with Gasteiger partial charge >= 0.3 is 0 Å². The molecule has 0 spiro atoms. The van der Waals surface area contributed by atoms with Crippen molar-refractivity contribution in [3.8, 4) is 0 Å². The fourth-order valence-corrected chi connectivity index (χ4v) is 1.78. The van der Waals surface area contributed by atoms with E-state index in [0.29, 0.717) is 15.7 Å². The first kappa shape index (κ1) is 12.5. The quantitative estimate of drug-likeness (QED) is 0.838. The summed E-state index contributed by atoms with van der Waals surface area (Å²) in [5.41, 5.74) is 6.48. The summed E-state index contributed by atoms with van der Waals surface area (Å²) >= 11 is 3.26. The zero-order valence-corrected chi connectivity index (χ0v) is 10.7. The van der Waals surface area contributed by atoms with Gasteiger partial charge in [-0.05, 0) is 46.3 Å². The first-order valence-corrected chi connectivity index (χ1v) is 5.83. The van der Waals surface area contributed by atoms with Crippen LogP contribution in [0.4, 0.5) is 15.9 Å². The van der Waals surface area contributed by atoms with Gasteiger partial charge in [-0.25, -0.2) is 9.37 Å². The highest BCUT2D eigenvalue weighted by atomic mass is 79.9. The predicted octanol–water partition coefficient (Wildman–Crippen LogP) is 2.82. The van der Waals surface area contributed by atoms with Crippen molar-refractivity contribution in [2.45, 2.75) is 0 Å². The zero-order chi connectivity index (χ0) is 13.1. The summed E-state index contributed by atoms with van der Waals surface area (Å²) < 4.78 is 13.3. The van der Waals surface area contributed by atoms with E-state index in [2.05, 4.69) is 26.2 Å². The second-order valence-corrected chi connectivity index (χ2v) is 4.41. The molecule has 0 saturated heterocycles. The molecule has 3 N–H and O–H groups in total. The average molecular weight is 310 g/mol. The molecule has 6 heteroatoms. The van der Waals surface area contributed by atoms with Gasteiger partial charge in [0.15, 0.2) is 0 Å². The van der Waals surface area contributed by atoms with Crippen molar-refractivity contribution in [1.29, 1.82) is 0 Å². The summed E-state index contributed by atoms with van der Waals surface area (Å²) in [7, 11) is 0. The molecule has 0 aliphatic heterocycles. The Morgan fingerprint density at radius 3 is 2.78 bits per heavy atom. The summed E-state index contributed by atoms with van der Waals surface area (Å²) in [6.07, 6.45) is 1.03. The Bertz CT molecular complexity index is 586. The lowest BCUT2D eigenvalue weighted by Gasteiger charge is -2.06. The first-order valence-electron chi connectivity index (χ1n) is 5.04. The second kappa shape index (κ2) is 5.14. The van der Waals surface area contributed by atoms with Crippen molar-refractivity contribution in [1.82, 2.24) is 4.98 Å². The summed E-state index contributed by atoms with van der Waals surface area (Å²) in [5.74, 6) is -0.554. The molecule has 0 atom stereocenters. The van der Waals surface area contributed by atoms with Crippen molar-refractivity contribution in [3.63, 3.8) is 0 Å². The van der Waals surface area contributed by atoms with Gasteiger partial charge < -0.3 is 11.1 Å². The summed E-state index contributed by atoms with van der Waals surface area (Å²) in [6, 6.07) is 7.51. The standard InChI is InChI=1S/C12H9BrFN3O/c13-10-3-2-8(15)5-9(10)12(18)17-11-4-1-7(14)6-16-11/h1-6H,15H2,(H,16,17,18). The van der Waals surface area contributed by atoms with Crippen molar-refractivity contribution in [2.75, 3.05) is 11.1 Å². The highest BCUT2D eigenvalue weighted by Gasteiger charge is 2.11. The average Bonchev–Trinajstić information content (AvgIpc) is 2.35. The number of rotatable bonds is 2. The van der Waals surface area contributed by atoms with E-state index in [4.69, 9.17) is 5.73 Å². The second-order valence-electron chi connectivity index (χ2n) is 3.56. The molecule has 0 saturated carbocycles. The molecule has 2 rings (SSSR count). The van der Waals surface area contributed by atoms with Crippen LogP contribution >= 0.6 is 15.9 Å². The Morgan fingerprint density at radius 2 is 2.11 bits per heavy atom. The van der Waals surface area contributed by atoms with Crippen LogP contribution in [-0.2, 0) is 0 Å². The van der Waals surface area contributed by atoms with Crippen LogP contribution in [0.1, 0.15) is 10.4 Å². The smallest absolute Gasteiger partial charge is 0.258 e. The summed E-state index contributed by atoms with van der Waals surface area (Å²) in [5, 5.41) is 2.55. The molecule has 2 aromatic rings. The molecule has 0 aliphatic carbocycles. The molecule has 1 aromatic heterocycles. The first-order chi connectivity index (χ1) is 8.56. The molecule has 0 aliphatic rings. The molecule has 92 valence electrons. The van der Waals surface area contributed by atoms with Gasteiger partial charge in [-0.2, -0.15) is 0 Å². The van der Waals surface area contributed by atoms with Gasteiger partial charge in [0.1, 0.15) is 11.6 Å². The van der Waals surface area contributed by atoms with Crippen LogP contribution in [0.25, 0.3) is 0 Å². The largest absolute Gasteiger partial charge is 0.399 e. The number of carbonyl (C=O) groups is 1. The van der Waals surface area contributed by atoms with Crippen LogP contribution in [-0.4, -0.2) is 10.9 Å². The number of nitrogens with zero attached hydrogens (tertiary/aromatic N) is 1. The minimum absolute atomic E-state index is 0.274. The maximum atomic E-state index is 12.7. The molecule has 18 heavy (non-hydrogen) atoms. The number of hydrogen-bond acceptors (Lipinski definition) is 3. The lowest BCUT2D eigenvalue weighted by molar-refractivity contribution is 0.102. The van der Waals surface area contributed by atoms with Crippen LogP contribution in [0.2, 0.25) is 0 Å². The number of anilines is 2. The minimum Gasteiger partial charge on any atom is -0.399 e. The number of nitrogens with one attached hydrogen (secondary N) is 1. The Labute approximate surface area is 111 Å². The SMILES string of the molecule is Nc1ccc(Br)c(C(=O)Nc2ccc(F)cn2)c1. The fraction of sp³-hybridized carbons (Fsp3) is 0. The number of hydrogen-bond donors (Lipinski definition) is 2. The monoisotopic (exact) mass is 309 g/mol. The van der Waals surface area contributed by atoms with E-state index in [1.165, 1.54) is 12.1 Å². The minimum atomic E-state index is -0.460. The zero-order valence-electron chi connectivity index (χ0n) is 9.15. The van der Waals surface area contributed by atoms with Gasteiger partial charge in [0.2, 0.25) is 0 Å². The number of aromatic nitrogens is 1. The maximum absolute atomic E-state index is 12.7. The van der Waals surface area contributed by atoms with Crippen LogP contribution < -0.4 is 11.1 Å². The van der Waals surface area contributed by atoms with Gasteiger partial charge in [-0.1, -0.05) is 0 Å². The van der Waals surface area contributed by atoms with Crippen LogP contribution in [0.3, 0.4) is 0 Å². The summed E-state index contributed by atoms with van der Waals surface area (Å²) in [6.45, 7) is 0. The predicted molar refractivity (Wildman–Crippen MR) is 70.7 cm³/mol. The van der Waals surface area contributed by atoms with Gasteiger partial charge in [0.25, 0.3) is 5.91 Å². The van der Waals surface area contributed by atoms with Gasteiger partial charge in [0, 0.05) is 10.2 Å². The molecule has 1 aromatic carbocycles. The van der Waals surface area contributed by atoms with Crippen molar-refractivity contribution in [3.05, 3.63) is 52.4 Å². The van der Waals surface area contributed by atoms with Crippen LogP contribution in [0, 0.1) is 5.82 Å². The number of nitrogen functional groups attached to an aromatic ring is 1. The highest BCUT2D eigenvalue weighted by molar-refractivity contribution is 9.10. The molecule has 1 amide bonds. The normalized spacial score (nSPS) is 10.1. The number of carbonyl (C=O) groups excluding carboxylic acids is 1. The number of benzene rings is 1. The number of amides is 1. The fourth-order valence-electron chi connectivity index (χ4n) is 1.35. The van der Waals surface area contributed by atoms with E-state index in [1.54, 1.807) is 18.2 Å². The van der Waals surface area contributed by atoms with E-state index in [-0.39, 0.29) is 11.7 Å². The van der Waals surface area contributed by atoms with Crippen LogP contribution in [0.5, 0.6) is 0 Å². The third-order valence-electron chi connectivity index (χ3n) is 2.20. The molecular formula is C12H9BrFN3O. The van der Waals surface area contributed by atoms with E-state index < -0.39 is 5.82 Å². The van der Waals surface area contributed by atoms with E-state index in [1.807, 2.05) is 0 Å². The number of halogens is 2. The van der Waals surface area contributed by atoms with Gasteiger partial charge in [-0.3, -0.25) is 4.79 Å². The van der Waals surface area contributed by atoms with Gasteiger partial charge in [0.05, 0.1) is 11.8 Å². The maximum Gasteiger partial charge on any atom is 0.258 e. The Hall–Kier alpha value is -1.95. The number of pyridine rings is 1. The van der Waals surface area contributed by atoms with Gasteiger partial charge in [-0.15, -0.1) is 0 Å². The van der Waals surface area contributed by atoms with Crippen LogP contribution in [0.15, 0.2) is 41.0 Å². The molecule has 0 fully saturated rings. The highest BCUT2D eigenvalue weighted by Crippen LogP contribution is 2.20. The van der Waals surface area contributed by atoms with E-state index in [9.17, 15) is 9.18 Å². The molecule has 4 nitrogen and oxygen atoms in total. The van der Waals surface area contributed by atoms with E-state index in [0.717, 1.165) is 6.20 Å². The Balaban J connectivity index is 2.21. The van der Waals surface area contributed by atoms with E-state index >= 15 is 0 Å². The molecule has 0 radical (unpaired) electrons. The molecular weight excluding hydrogens is 301 g/mol. The van der Waals surface area contributed by atoms with Crippen molar-refractivity contribution < 1.29 is 9.18 Å². The van der Waals surface area contributed by atoms with Crippen molar-refractivity contribution in [2.24, 2.45) is 0 Å². The third kappa shape index (κ3) is 2.84. The summed E-state index contributed by atoms with van der Waals surface area (Å²) in [4.78, 5) is 15.7. The third-order valence-corrected chi connectivity index (χ3v) is 2.90. The lowest BCUT2D eigenvalue weighted by Crippen LogP contribution is -2.14.